The van der Waals surface area contributed by atoms with Crippen LogP contribution in [0.2, 0.25) is 0 Å². The Bertz CT molecular complexity index is 690. The maximum absolute atomic E-state index is 12.3. The molecule has 7 nitrogen and oxygen atoms in total. The molecule has 1 fully saturated rings. The summed E-state index contributed by atoms with van der Waals surface area (Å²) >= 11 is 0. The van der Waals surface area contributed by atoms with Crippen LogP contribution in [0.25, 0.3) is 0 Å². The van der Waals surface area contributed by atoms with Crippen LogP contribution >= 0.6 is 24.0 Å². The fraction of sp³-hybridized carbons (Fsp3) is 0.579. The van der Waals surface area contributed by atoms with Crippen LogP contribution in [-0.2, 0) is 11.2 Å². The normalized spacial score (nSPS) is 19.1. The van der Waals surface area contributed by atoms with Gasteiger partial charge >= 0.3 is 6.09 Å². The molecule has 150 valence electrons. The third-order valence-corrected chi connectivity index (χ3v) is 4.47. The van der Waals surface area contributed by atoms with Crippen molar-refractivity contribution >= 4 is 36.0 Å². The number of phenols is 1. The highest BCUT2D eigenvalue weighted by molar-refractivity contribution is 14.0. The molecule has 0 aromatic heterocycles. The minimum Gasteiger partial charge on any atom is -0.508 e. The lowest BCUT2D eigenvalue weighted by Crippen LogP contribution is -2.57. The second-order valence-corrected chi connectivity index (χ2v) is 7.78. The molecule has 2 aliphatic heterocycles. The largest absolute Gasteiger partial charge is 0.508 e. The number of halogens is 1. The quantitative estimate of drug-likeness (QED) is 0.640. The summed E-state index contributed by atoms with van der Waals surface area (Å²) in [6.07, 6.45) is 0.568. The molecular formula is C19H29IN4O3. The van der Waals surface area contributed by atoms with Crippen molar-refractivity contribution in [1.82, 2.24) is 15.1 Å². The van der Waals surface area contributed by atoms with Crippen LogP contribution < -0.4 is 5.32 Å². The number of guanidine groups is 1. The predicted molar refractivity (Wildman–Crippen MR) is 116 cm³/mol. The van der Waals surface area contributed by atoms with Crippen molar-refractivity contribution in [2.45, 2.75) is 38.8 Å². The molecule has 0 spiro atoms. The maximum Gasteiger partial charge on any atom is 0.410 e. The molecule has 0 aliphatic carbocycles. The van der Waals surface area contributed by atoms with Gasteiger partial charge < -0.3 is 25.0 Å². The Kier molecular flexibility index (Phi) is 7.19. The Morgan fingerprint density at radius 3 is 2.85 bits per heavy atom. The van der Waals surface area contributed by atoms with E-state index in [1.54, 1.807) is 17.0 Å². The summed E-state index contributed by atoms with van der Waals surface area (Å²) in [6, 6.07) is 7.51. The highest BCUT2D eigenvalue weighted by Crippen LogP contribution is 2.18. The number of benzene rings is 1. The number of carbonyl (C=O) groups excluding carboxylic acids is 1. The Morgan fingerprint density at radius 2 is 2.15 bits per heavy atom. The van der Waals surface area contributed by atoms with Crippen LogP contribution in [0.4, 0.5) is 4.79 Å². The fourth-order valence-electron chi connectivity index (χ4n) is 3.25. The van der Waals surface area contributed by atoms with E-state index in [2.05, 4.69) is 15.2 Å². The number of fused-ring (bicyclic) bond motifs is 1. The molecule has 1 amide bonds. The van der Waals surface area contributed by atoms with Crippen LogP contribution in [0.3, 0.4) is 0 Å². The molecule has 1 atom stereocenters. The van der Waals surface area contributed by atoms with Gasteiger partial charge in [-0.05, 0) is 44.9 Å². The Labute approximate surface area is 177 Å². The third-order valence-electron chi connectivity index (χ3n) is 4.47. The van der Waals surface area contributed by atoms with Gasteiger partial charge in [-0.15, -0.1) is 24.0 Å². The Hall–Kier alpha value is -1.71. The fourth-order valence-corrected chi connectivity index (χ4v) is 3.25. The van der Waals surface area contributed by atoms with Gasteiger partial charge in [-0.25, -0.2) is 4.79 Å². The molecule has 3 rings (SSSR count). The summed E-state index contributed by atoms with van der Waals surface area (Å²) < 4.78 is 5.47. The second kappa shape index (κ2) is 8.99. The minimum atomic E-state index is -0.473. The molecule has 1 aromatic rings. The lowest BCUT2D eigenvalue weighted by Gasteiger charge is -2.39. The van der Waals surface area contributed by atoms with E-state index in [0.717, 1.165) is 31.0 Å². The van der Waals surface area contributed by atoms with Gasteiger partial charge in [-0.2, -0.15) is 0 Å². The SMILES string of the molecule is CC(C)(C)OC(=O)N1CCN2C(NCCc3cccc(O)c3)=NCC2C1.I. The number of nitrogens with zero attached hydrogens (tertiary/aromatic N) is 3. The van der Waals surface area contributed by atoms with Crippen LogP contribution in [0.5, 0.6) is 5.75 Å². The van der Waals surface area contributed by atoms with Gasteiger partial charge in [0.1, 0.15) is 11.4 Å². The third kappa shape index (κ3) is 5.88. The van der Waals surface area contributed by atoms with Gasteiger partial charge in [-0.1, -0.05) is 12.1 Å². The van der Waals surface area contributed by atoms with Crippen LogP contribution in [0.15, 0.2) is 29.3 Å². The van der Waals surface area contributed by atoms with Crippen molar-refractivity contribution < 1.29 is 14.6 Å². The van der Waals surface area contributed by atoms with E-state index in [4.69, 9.17) is 4.74 Å². The Morgan fingerprint density at radius 1 is 1.37 bits per heavy atom. The van der Waals surface area contributed by atoms with Crippen molar-refractivity contribution in [3.63, 3.8) is 0 Å². The zero-order valence-electron chi connectivity index (χ0n) is 16.1. The number of phenolic OH excluding ortho intramolecular Hbond substituents is 1. The lowest BCUT2D eigenvalue weighted by atomic mass is 10.1. The molecule has 1 unspecified atom stereocenters. The standard InChI is InChI=1S/C19H28N4O3.HI/c1-19(2,3)26-18(25)22-9-10-23-15(13-22)12-21-17(23)20-8-7-14-5-4-6-16(24)11-14;/h4-6,11,15,24H,7-10,12-13H2,1-3H3,(H,20,21);1H. The topological polar surface area (TPSA) is 77.4 Å². The first-order valence-electron chi connectivity index (χ1n) is 9.12. The van der Waals surface area contributed by atoms with Gasteiger partial charge in [0, 0.05) is 26.2 Å². The van der Waals surface area contributed by atoms with E-state index in [-0.39, 0.29) is 36.1 Å². The number of rotatable bonds is 3. The number of ether oxygens (including phenoxy) is 1. The molecule has 0 radical (unpaired) electrons. The maximum atomic E-state index is 12.3. The van der Waals surface area contributed by atoms with E-state index in [1.165, 1.54) is 0 Å². The van der Waals surface area contributed by atoms with E-state index in [9.17, 15) is 9.90 Å². The van der Waals surface area contributed by atoms with E-state index >= 15 is 0 Å². The van der Waals surface area contributed by atoms with Crippen molar-refractivity contribution in [3.8, 4) is 5.75 Å². The molecule has 2 heterocycles. The predicted octanol–water partition coefficient (Wildman–Crippen LogP) is 2.43. The van der Waals surface area contributed by atoms with Crippen LogP contribution in [-0.4, -0.2) is 71.3 Å². The summed E-state index contributed by atoms with van der Waals surface area (Å²) in [4.78, 5) is 20.9. The molecule has 27 heavy (non-hydrogen) atoms. The molecule has 1 saturated heterocycles. The van der Waals surface area contributed by atoms with Gasteiger partial charge in [-0.3, -0.25) is 4.99 Å². The van der Waals surface area contributed by atoms with Crippen LogP contribution in [0, 0.1) is 0 Å². The van der Waals surface area contributed by atoms with Gasteiger partial charge in [0.2, 0.25) is 0 Å². The molecule has 8 heteroatoms. The highest BCUT2D eigenvalue weighted by Gasteiger charge is 2.36. The summed E-state index contributed by atoms with van der Waals surface area (Å²) in [5.74, 6) is 1.19. The van der Waals surface area contributed by atoms with Gasteiger partial charge in [0.15, 0.2) is 5.96 Å². The molecule has 2 aliphatic rings. The molecule has 0 bridgehead atoms. The number of carbonyl (C=O) groups is 1. The number of amides is 1. The monoisotopic (exact) mass is 488 g/mol. The first-order chi connectivity index (χ1) is 12.3. The van der Waals surface area contributed by atoms with E-state index in [1.807, 2.05) is 32.9 Å². The molecule has 1 aromatic carbocycles. The summed E-state index contributed by atoms with van der Waals surface area (Å²) in [5, 5.41) is 12.9. The lowest BCUT2D eigenvalue weighted by molar-refractivity contribution is 0.0137. The number of aliphatic imine (C=N–C) groups is 1. The van der Waals surface area contributed by atoms with Gasteiger partial charge in [0.25, 0.3) is 0 Å². The van der Waals surface area contributed by atoms with Crippen LogP contribution in [0.1, 0.15) is 26.3 Å². The average molecular weight is 488 g/mol. The molecule has 0 saturated carbocycles. The first-order valence-corrected chi connectivity index (χ1v) is 9.12. The van der Waals surface area contributed by atoms with E-state index < -0.39 is 5.60 Å². The smallest absolute Gasteiger partial charge is 0.410 e. The van der Waals surface area contributed by atoms with Crippen molar-refractivity contribution in [2.24, 2.45) is 4.99 Å². The summed E-state index contributed by atoms with van der Waals surface area (Å²) in [7, 11) is 0. The van der Waals surface area contributed by atoms with Crippen molar-refractivity contribution in [2.75, 3.05) is 32.7 Å². The highest BCUT2D eigenvalue weighted by atomic mass is 127. The minimum absolute atomic E-state index is 0. The second-order valence-electron chi connectivity index (χ2n) is 7.78. The zero-order valence-corrected chi connectivity index (χ0v) is 18.5. The molecule has 2 N–H and O–H groups in total. The van der Waals surface area contributed by atoms with Gasteiger partial charge in [0.05, 0.1) is 12.6 Å². The summed E-state index contributed by atoms with van der Waals surface area (Å²) in [5.41, 5.74) is 0.612. The number of hydrogen-bond donors (Lipinski definition) is 2. The number of piperazine rings is 1. The first kappa shape index (κ1) is 21.6. The molecular weight excluding hydrogens is 459 g/mol. The van der Waals surface area contributed by atoms with E-state index in [0.29, 0.717) is 25.4 Å². The van der Waals surface area contributed by atoms with Crippen molar-refractivity contribution in [3.05, 3.63) is 29.8 Å². The Balaban J connectivity index is 0.00000261. The number of nitrogens with one attached hydrogen (secondary N) is 1. The van der Waals surface area contributed by atoms with Crippen molar-refractivity contribution in [1.29, 1.82) is 0 Å². The summed E-state index contributed by atoms with van der Waals surface area (Å²) in [6.45, 7) is 9.11. The number of aromatic hydroxyl groups is 1. The average Bonchev–Trinajstić information content (AvgIpc) is 2.96. The zero-order chi connectivity index (χ0) is 18.7. The number of hydrogen-bond acceptors (Lipinski definition) is 6.